The number of carbonyl (C=O) groups excluding carboxylic acids is 1. The Hall–Kier alpha value is -0.610. The van der Waals surface area contributed by atoms with Crippen LogP contribution < -0.4 is 10.2 Å². The number of amides is 1. The number of ether oxygens (including phenoxy) is 1. The van der Waals surface area contributed by atoms with Crippen molar-refractivity contribution in [3.05, 3.63) is 0 Å². The molecule has 2 aliphatic rings. The van der Waals surface area contributed by atoms with Gasteiger partial charge in [-0.05, 0) is 26.7 Å². The number of hydrogen-bond donors (Lipinski definition) is 2. The minimum Gasteiger partial charge on any atom is -0.364 e. The van der Waals surface area contributed by atoms with Gasteiger partial charge in [-0.15, -0.1) is 0 Å². The molecule has 1 unspecified atom stereocenters. The standard InChI is InChI=1S/C16H30N2O2/c1-13-10-18(11-14(2)20-13)12-16(19)17-15-8-6-4-3-5-7-9-15/h13-15H,3-12H2,1-2H3,(H,17,19)/p+1/t13-,14+. The fourth-order valence-electron chi connectivity index (χ4n) is 3.64. The molecule has 2 fully saturated rings. The molecule has 2 rings (SSSR count). The lowest BCUT2D eigenvalue weighted by Gasteiger charge is -2.32. The molecule has 0 radical (unpaired) electrons. The van der Waals surface area contributed by atoms with Crippen molar-refractivity contribution in [3.8, 4) is 0 Å². The zero-order chi connectivity index (χ0) is 14.4. The Bertz CT molecular complexity index is 291. The lowest BCUT2D eigenvalue weighted by molar-refractivity contribution is -0.907. The minimum atomic E-state index is 0.229. The number of quaternary nitrogens is 1. The minimum absolute atomic E-state index is 0.229. The van der Waals surface area contributed by atoms with E-state index in [1.165, 1.54) is 37.0 Å². The molecule has 1 saturated carbocycles. The van der Waals surface area contributed by atoms with E-state index < -0.39 is 0 Å². The summed E-state index contributed by atoms with van der Waals surface area (Å²) >= 11 is 0. The summed E-state index contributed by atoms with van der Waals surface area (Å²) in [5.74, 6) is 0.229. The highest BCUT2D eigenvalue weighted by Gasteiger charge is 2.27. The third-order valence-corrected chi connectivity index (χ3v) is 4.50. The van der Waals surface area contributed by atoms with Crippen LogP contribution in [0.3, 0.4) is 0 Å². The molecule has 20 heavy (non-hydrogen) atoms. The van der Waals surface area contributed by atoms with Gasteiger partial charge in [-0.3, -0.25) is 4.79 Å². The van der Waals surface area contributed by atoms with Gasteiger partial charge in [-0.2, -0.15) is 0 Å². The second kappa shape index (κ2) is 7.99. The topological polar surface area (TPSA) is 42.8 Å². The Balaban J connectivity index is 1.73. The maximum atomic E-state index is 12.2. The monoisotopic (exact) mass is 283 g/mol. The van der Waals surface area contributed by atoms with Gasteiger partial charge in [0.25, 0.3) is 5.91 Å². The summed E-state index contributed by atoms with van der Waals surface area (Å²) in [6, 6.07) is 0.415. The summed E-state index contributed by atoms with van der Waals surface area (Å²) in [5.41, 5.74) is 0. The van der Waals surface area contributed by atoms with Crippen LogP contribution in [0.2, 0.25) is 0 Å². The van der Waals surface area contributed by atoms with Crippen LogP contribution in [0.25, 0.3) is 0 Å². The molecule has 0 bridgehead atoms. The van der Waals surface area contributed by atoms with E-state index >= 15 is 0 Å². The lowest BCUT2D eigenvalue weighted by Crippen LogP contribution is -3.16. The molecular weight excluding hydrogens is 252 g/mol. The van der Waals surface area contributed by atoms with Crippen LogP contribution in [0.4, 0.5) is 0 Å². The summed E-state index contributed by atoms with van der Waals surface area (Å²) in [6.45, 7) is 6.70. The zero-order valence-corrected chi connectivity index (χ0v) is 13.1. The average Bonchev–Trinajstić information content (AvgIpc) is 2.31. The van der Waals surface area contributed by atoms with E-state index in [0.29, 0.717) is 12.6 Å². The van der Waals surface area contributed by atoms with Gasteiger partial charge in [-0.1, -0.05) is 32.1 Å². The van der Waals surface area contributed by atoms with Crippen LogP contribution in [0.5, 0.6) is 0 Å². The highest BCUT2D eigenvalue weighted by Crippen LogP contribution is 2.16. The molecule has 1 aliphatic heterocycles. The number of morpholine rings is 1. The molecule has 0 aromatic rings. The van der Waals surface area contributed by atoms with E-state index in [-0.39, 0.29) is 18.1 Å². The third kappa shape index (κ3) is 5.41. The highest BCUT2D eigenvalue weighted by atomic mass is 16.5. The van der Waals surface area contributed by atoms with Crippen LogP contribution in [0, 0.1) is 0 Å². The van der Waals surface area contributed by atoms with Crippen LogP contribution in [0.15, 0.2) is 0 Å². The van der Waals surface area contributed by atoms with Gasteiger partial charge in [0.05, 0.1) is 0 Å². The van der Waals surface area contributed by atoms with Gasteiger partial charge in [0.1, 0.15) is 25.3 Å². The Kier molecular flexibility index (Phi) is 6.30. The maximum absolute atomic E-state index is 12.2. The normalized spacial score (nSPS) is 33.2. The molecular formula is C16H31N2O2+. The Morgan fingerprint density at radius 1 is 1.05 bits per heavy atom. The molecule has 0 spiro atoms. The SMILES string of the molecule is C[C@@H]1C[NH+](CC(=O)NC2CCCCCCC2)C[C@H](C)O1. The molecule has 4 heteroatoms. The molecule has 1 amide bonds. The molecule has 1 aliphatic carbocycles. The van der Waals surface area contributed by atoms with E-state index in [1.54, 1.807) is 0 Å². The van der Waals surface area contributed by atoms with Gasteiger partial charge < -0.3 is 15.0 Å². The molecule has 1 saturated heterocycles. The Labute approximate surface area is 123 Å². The van der Waals surface area contributed by atoms with Crippen molar-refractivity contribution in [1.29, 1.82) is 0 Å². The van der Waals surface area contributed by atoms with Crippen molar-refractivity contribution in [2.45, 2.75) is 77.0 Å². The van der Waals surface area contributed by atoms with Crippen molar-refractivity contribution in [2.24, 2.45) is 0 Å². The van der Waals surface area contributed by atoms with Crippen molar-refractivity contribution in [2.75, 3.05) is 19.6 Å². The summed E-state index contributed by atoms with van der Waals surface area (Å²) in [5, 5.41) is 3.26. The summed E-state index contributed by atoms with van der Waals surface area (Å²) in [6.07, 6.45) is 9.42. The molecule has 1 heterocycles. The van der Waals surface area contributed by atoms with Crippen molar-refractivity contribution < 1.29 is 14.4 Å². The molecule has 3 atom stereocenters. The smallest absolute Gasteiger partial charge is 0.275 e. The number of carbonyl (C=O) groups is 1. The largest absolute Gasteiger partial charge is 0.364 e. The molecule has 0 aromatic heterocycles. The van der Waals surface area contributed by atoms with Crippen LogP contribution in [0.1, 0.15) is 58.8 Å². The average molecular weight is 283 g/mol. The first-order valence-electron chi connectivity index (χ1n) is 8.42. The summed E-state index contributed by atoms with van der Waals surface area (Å²) in [7, 11) is 0. The fourth-order valence-corrected chi connectivity index (χ4v) is 3.64. The summed E-state index contributed by atoms with van der Waals surface area (Å²) in [4.78, 5) is 13.6. The maximum Gasteiger partial charge on any atom is 0.275 e. The number of rotatable bonds is 3. The van der Waals surface area contributed by atoms with Gasteiger partial charge in [0, 0.05) is 6.04 Å². The predicted molar refractivity (Wildman–Crippen MR) is 79.8 cm³/mol. The Morgan fingerprint density at radius 3 is 2.20 bits per heavy atom. The van der Waals surface area contributed by atoms with Crippen LogP contribution in [-0.4, -0.2) is 43.8 Å². The van der Waals surface area contributed by atoms with E-state index in [4.69, 9.17) is 4.74 Å². The van der Waals surface area contributed by atoms with E-state index in [2.05, 4.69) is 19.2 Å². The van der Waals surface area contributed by atoms with Crippen molar-refractivity contribution >= 4 is 5.91 Å². The van der Waals surface area contributed by atoms with E-state index in [9.17, 15) is 4.79 Å². The highest BCUT2D eigenvalue weighted by molar-refractivity contribution is 5.77. The molecule has 4 nitrogen and oxygen atoms in total. The zero-order valence-electron chi connectivity index (χ0n) is 13.1. The number of hydrogen-bond acceptors (Lipinski definition) is 2. The van der Waals surface area contributed by atoms with Gasteiger partial charge in [0.15, 0.2) is 6.54 Å². The second-order valence-corrected chi connectivity index (χ2v) is 6.70. The van der Waals surface area contributed by atoms with Crippen LogP contribution in [-0.2, 0) is 9.53 Å². The van der Waals surface area contributed by atoms with Crippen LogP contribution >= 0.6 is 0 Å². The van der Waals surface area contributed by atoms with Gasteiger partial charge >= 0.3 is 0 Å². The van der Waals surface area contributed by atoms with E-state index in [0.717, 1.165) is 25.9 Å². The summed E-state index contributed by atoms with van der Waals surface area (Å²) < 4.78 is 5.73. The van der Waals surface area contributed by atoms with Crippen molar-refractivity contribution in [1.82, 2.24) is 5.32 Å². The number of nitrogens with one attached hydrogen (secondary N) is 2. The molecule has 116 valence electrons. The fraction of sp³-hybridized carbons (Fsp3) is 0.938. The predicted octanol–water partition coefficient (Wildman–Crippen LogP) is 0.908. The lowest BCUT2D eigenvalue weighted by atomic mass is 9.97. The van der Waals surface area contributed by atoms with Crippen molar-refractivity contribution in [3.63, 3.8) is 0 Å². The first-order valence-corrected chi connectivity index (χ1v) is 8.42. The first kappa shape index (κ1) is 15.8. The molecule has 2 N–H and O–H groups in total. The second-order valence-electron chi connectivity index (χ2n) is 6.70. The van der Waals surface area contributed by atoms with Gasteiger partial charge in [-0.25, -0.2) is 0 Å². The quantitative estimate of drug-likeness (QED) is 0.808. The third-order valence-electron chi connectivity index (χ3n) is 4.50. The Morgan fingerprint density at radius 2 is 1.60 bits per heavy atom. The van der Waals surface area contributed by atoms with E-state index in [1.807, 2.05) is 0 Å². The van der Waals surface area contributed by atoms with Gasteiger partial charge in [0.2, 0.25) is 0 Å². The molecule has 0 aromatic carbocycles. The first-order chi connectivity index (χ1) is 9.63.